The molecule has 0 amide bonds. The van der Waals surface area contributed by atoms with Crippen molar-refractivity contribution in [1.29, 1.82) is 0 Å². The lowest BCUT2D eigenvalue weighted by Gasteiger charge is -2.12. The SMILES string of the molecule is Cc1c(NC(=S)N/N=C\[C@H]2CC=CCC2)c(=O)n(-c2ccccc2)n1C. The summed E-state index contributed by atoms with van der Waals surface area (Å²) in [5, 5.41) is 7.50. The van der Waals surface area contributed by atoms with Crippen molar-refractivity contribution in [2.24, 2.45) is 18.1 Å². The van der Waals surface area contributed by atoms with E-state index >= 15 is 0 Å². The van der Waals surface area contributed by atoms with E-state index in [-0.39, 0.29) is 5.56 Å². The highest BCUT2D eigenvalue weighted by Crippen LogP contribution is 2.16. The van der Waals surface area contributed by atoms with Crippen LogP contribution in [0, 0.1) is 12.8 Å². The van der Waals surface area contributed by atoms with Gasteiger partial charge in [-0.2, -0.15) is 5.10 Å². The molecule has 2 aromatic rings. The highest BCUT2D eigenvalue weighted by Gasteiger charge is 2.16. The van der Waals surface area contributed by atoms with Crippen molar-refractivity contribution in [2.75, 3.05) is 5.32 Å². The molecule has 0 radical (unpaired) electrons. The van der Waals surface area contributed by atoms with Gasteiger partial charge in [0.25, 0.3) is 5.56 Å². The van der Waals surface area contributed by atoms with Crippen LogP contribution in [0.5, 0.6) is 0 Å². The molecule has 26 heavy (non-hydrogen) atoms. The first kappa shape index (κ1) is 18.1. The number of nitrogens with zero attached hydrogens (tertiary/aromatic N) is 3. The summed E-state index contributed by atoms with van der Waals surface area (Å²) in [7, 11) is 1.85. The summed E-state index contributed by atoms with van der Waals surface area (Å²) in [5.41, 5.74) is 4.71. The van der Waals surface area contributed by atoms with E-state index in [1.54, 1.807) is 9.36 Å². The van der Waals surface area contributed by atoms with Gasteiger partial charge in [-0.1, -0.05) is 30.4 Å². The Morgan fingerprint density at radius 1 is 1.31 bits per heavy atom. The smallest absolute Gasteiger partial charge is 0.295 e. The minimum atomic E-state index is -0.151. The molecule has 0 spiro atoms. The van der Waals surface area contributed by atoms with E-state index in [0.717, 1.165) is 30.6 Å². The van der Waals surface area contributed by atoms with Gasteiger partial charge in [0, 0.05) is 13.3 Å². The Morgan fingerprint density at radius 3 is 2.77 bits per heavy atom. The average Bonchev–Trinajstić information content (AvgIpc) is 2.87. The molecule has 1 heterocycles. The Kier molecular flexibility index (Phi) is 5.68. The fraction of sp³-hybridized carbons (Fsp3) is 0.316. The first-order valence-corrected chi connectivity index (χ1v) is 9.08. The molecule has 0 fully saturated rings. The number of allylic oxidation sites excluding steroid dienone is 2. The summed E-state index contributed by atoms with van der Waals surface area (Å²) >= 11 is 5.28. The second kappa shape index (κ2) is 8.14. The summed E-state index contributed by atoms with van der Waals surface area (Å²) < 4.78 is 3.41. The van der Waals surface area contributed by atoms with Crippen LogP contribution in [0.1, 0.15) is 25.0 Å². The van der Waals surface area contributed by atoms with Crippen LogP contribution in [-0.2, 0) is 7.05 Å². The van der Waals surface area contributed by atoms with Crippen LogP contribution in [0.2, 0.25) is 0 Å². The molecular formula is C19H23N5OS. The molecule has 0 saturated heterocycles. The lowest BCUT2D eigenvalue weighted by Crippen LogP contribution is -2.28. The van der Waals surface area contributed by atoms with Crippen molar-refractivity contribution in [3.05, 3.63) is 58.5 Å². The number of thiocarbonyl (C=S) groups is 1. The van der Waals surface area contributed by atoms with Crippen LogP contribution >= 0.6 is 12.2 Å². The van der Waals surface area contributed by atoms with Gasteiger partial charge in [-0.05, 0) is 56.5 Å². The molecule has 136 valence electrons. The van der Waals surface area contributed by atoms with Crippen LogP contribution in [0.15, 0.2) is 52.4 Å². The number of hydrogen-bond donors (Lipinski definition) is 2. The van der Waals surface area contributed by atoms with Gasteiger partial charge in [0.05, 0.1) is 11.4 Å². The predicted molar refractivity (Wildman–Crippen MR) is 110 cm³/mol. The van der Waals surface area contributed by atoms with Crippen molar-refractivity contribution in [2.45, 2.75) is 26.2 Å². The van der Waals surface area contributed by atoms with Crippen molar-refractivity contribution in [3.8, 4) is 5.69 Å². The van der Waals surface area contributed by atoms with Crippen molar-refractivity contribution in [1.82, 2.24) is 14.8 Å². The van der Waals surface area contributed by atoms with Gasteiger partial charge in [0.1, 0.15) is 5.69 Å². The summed E-state index contributed by atoms with van der Waals surface area (Å²) in [6.45, 7) is 1.88. The zero-order chi connectivity index (χ0) is 18.5. The maximum absolute atomic E-state index is 12.8. The molecular weight excluding hydrogens is 346 g/mol. The number of hydrazone groups is 1. The van der Waals surface area contributed by atoms with Gasteiger partial charge in [0.15, 0.2) is 5.11 Å². The third kappa shape index (κ3) is 3.94. The minimum absolute atomic E-state index is 0.151. The maximum atomic E-state index is 12.8. The van der Waals surface area contributed by atoms with E-state index in [9.17, 15) is 4.79 Å². The molecule has 1 aliphatic carbocycles. The first-order valence-electron chi connectivity index (χ1n) is 8.67. The van der Waals surface area contributed by atoms with Gasteiger partial charge in [0.2, 0.25) is 0 Å². The Bertz CT molecular complexity index is 895. The Labute approximate surface area is 158 Å². The van der Waals surface area contributed by atoms with Gasteiger partial charge < -0.3 is 5.32 Å². The third-order valence-corrected chi connectivity index (χ3v) is 4.75. The normalized spacial score (nSPS) is 16.8. The highest BCUT2D eigenvalue weighted by atomic mass is 32.1. The van der Waals surface area contributed by atoms with Crippen LogP contribution in [0.4, 0.5) is 5.69 Å². The summed E-state index contributed by atoms with van der Waals surface area (Å²) in [6, 6.07) is 9.51. The Balaban J connectivity index is 1.72. The van der Waals surface area contributed by atoms with Crippen molar-refractivity contribution < 1.29 is 0 Å². The quantitative estimate of drug-likeness (QED) is 0.376. The van der Waals surface area contributed by atoms with Gasteiger partial charge in [-0.3, -0.25) is 14.9 Å². The molecule has 7 heteroatoms. The first-order chi connectivity index (χ1) is 12.6. The fourth-order valence-electron chi connectivity index (χ4n) is 3.01. The van der Waals surface area contributed by atoms with Gasteiger partial charge in [-0.25, -0.2) is 4.68 Å². The number of para-hydroxylation sites is 1. The number of anilines is 1. The van der Waals surface area contributed by atoms with Crippen LogP contribution < -0.4 is 16.3 Å². The molecule has 3 rings (SSSR count). The van der Waals surface area contributed by atoms with E-state index in [1.807, 2.05) is 50.5 Å². The molecule has 2 N–H and O–H groups in total. The number of hydrogen-bond acceptors (Lipinski definition) is 3. The lowest BCUT2D eigenvalue weighted by atomic mass is 9.96. The van der Waals surface area contributed by atoms with E-state index in [1.165, 1.54) is 0 Å². The summed E-state index contributed by atoms with van der Waals surface area (Å²) in [5.74, 6) is 0.434. The lowest BCUT2D eigenvalue weighted by molar-refractivity contribution is 0.624. The van der Waals surface area contributed by atoms with E-state index in [0.29, 0.717) is 16.7 Å². The second-order valence-electron chi connectivity index (χ2n) is 6.33. The second-order valence-corrected chi connectivity index (χ2v) is 6.73. The largest absolute Gasteiger partial charge is 0.325 e. The zero-order valence-electron chi connectivity index (χ0n) is 15.0. The molecule has 1 atom stereocenters. The molecule has 1 aromatic carbocycles. The molecule has 1 aliphatic rings. The van der Waals surface area contributed by atoms with Gasteiger partial charge in [-0.15, -0.1) is 0 Å². The van der Waals surface area contributed by atoms with Crippen LogP contribution in [0.25, 0.3) is 5.69 Å². The Morgan fingerprint density at radius 2 is 2.08 bits per heavy atom. The fourth-order valence-corrected chi connectivity index (χ4v) is 3.16. The number of benzene rings is 1. The molecule has 0 bridgehead atoms. The monoisotopic (exact) mass is 369 g/mol. The number of aromatic nitrogens is 2. The summed E-state index contributed by atoms with van der Waals surface area (Å²) in [6.07, 6.45) is 9.45. The summed E-state index contributed by atoms with van der Waals surface area (Å²) in [4.78, 5) is 12.8. The molecule has 0 unspecified atom stereocenters. The minimum Gasteiger partial charge on any atom is -0.325 e. The standard InChI is InChI=1S/C19H23N5OS/c1-14-17(18(25)24(23(14)2)16-11-7-4-8-12-16)21-19(26)22-20-13-15-9-5-3-6-10-15/h3-5,7-8,11-13,15H,6,9-10H2,1-2H3,(H2,21,22,26)/b20-13-/t15-/m0/s1. The average molecular weight is 369 g/mol. The molecule has 0 saturated carbocycles. The van der Waals surface area contributed by atoms with Crippen LogP contribution in [0.3, 0.4) is 0 Å². The van der Waals surface area contributed by atoms with E-state index < -0.39 is 0 Å². The molecule has 6 nitrogen and oxygen atoms in total. The highest BCUT2D eigenvalue weighted by molar-refractivity contribution is 7.80. The number of rotatable bonds is 4. The zero-order valence-corrected chi connectivity index (χ0v) is 15.8. The number of nitrogens with one attached hydrogen (secondary N) is 2. The third-order valence-electron chi connectivity index (χ3n) is 4.55. The Hall–Kier alpha value is -2.67. The van der Waals surface area contributed by atoms with E-state index in [4.69, 9.17) is 12.2 Å². The topological polar surface area (TPSA) is 63.4 Å². The maximum Gasteiger partial charge on any atom is 0.295 e. The predicted octanol–water partition coefficient (Wildman–Crippen LogP) is 3.11. The van der Waals surface area contributed by atoms with Crippen molar-refractivity contribution in [3.63, 3.8) is 0 Å². The van der Waals surface area contributed by atoms with Crippen LogP contribution in [-0.4, -0.2) is 20.7 Å². The molecule has 1 aromatic heterocycles. The molecule has 0 aliphatic heterocycles. The van der Waals surface area contributed by atoms with E-state index in [2.05, 4.69) is 28.0 Å². The van der Waals surface area contributed by atoms with Crippen molar-refractivity contribution >= 4 is 29.2 Å². The van der Waals surface area contributed by atoms with Gasteiger partial charge >= 0.3 is 0 Å².